The van der Waals surface area contributed by atoms with Gasteiger partial charge in [0, 0.05) is 11.0 Å². The van der Waals surface area contributed by atoms with Crippen LogP contribution in [0.25, 0.3) is 0 Å². The Kier molecular flexibility index (Phi) is 5.46. The molecule has 140 valence electrons. The first-order valence-electron chi connectivity index (χ1n) is 10.1. The van der Waals surface area contributed by atoms with Crippen molar-refractivity contribution in [3.05, 3.63) is 64.7 Å². The maximum absolute atomic E-state index is 5.83. The van der Waals surface area contributed by atoms with E-state index < -0.39 is 0 Å². The summed E-state index contributed by atoms with van der Waals surface area (Å²) >= 11 is 0. The third-order valence-corrected chi connectivity index (χ3v) is 6.07. The van der Waals surface area contributed by atoms with Gasteiger partial charge in [-0.15, -0.1) is 0 Å². The van der Waals surface area contributed by atoms with E-state index in [0.29, 0.717) is 17.8 Å². The third kappa shape index (κ3) is 3.98. The first-order valence-corrected chi connectivity index (χ1v) is 10.1. The second-order valence-electron chi connectivity index (χ2n) is 9.13. The molecule has 2 aromatic carbocycles. The highest BCUT2D eigenvalue weighted by Gasteiger charge is 2.32. The molecule has 1 aliphatic heterocycles. The lowest BCUT2D eigenvalue weighted by molar-refractivity contribution is 0.291. The summed E-state index contributed by atoms with van der Waals surface area (Å²) in [5.41, 5.74) is 5.88. The molecule has 0 spiro atoms. The summed E-state index contributed by atoms with van der Waals surface area (Å²) in [4.78, 5) is 0. The number of hydrogen-bond acceptors (Lipinski definition) is 1. The number of rotatable bonds is 6. The zero-order valence-corrected chi connectivity index (χ0v) is 17.3. The highest BCUT2D eigenvalue weighted by Crippen LogP contribution is 2.40. The molecular weight excluding hydrogens is 316 g/mol. The van der Waals surface area contributed by atoms with Gasteiger partial charge in [-0.3, -0.25) is 0 Å². The number of hydrogen-bond donors (Lipinski definition) is 0. The van der Waals surface area contributed by atoms with Crippen molar-refractivity contribution in [2.24, 2.45) is 0 Å². The molecule has 1 heteroatoms. The average Bonchev–Trinajstić information content (AvgIpc) is 2.94. The van der Waals surface area contributed by atoms with Gasteiger partial charge in [-0.1, -0.05) is 77.9 Å². The monoisotopic (exact) mass is 350 g/mol. The van der Waals surface area contributed by atoms with E-state index in [2.05, 4.69) is 84.0 Å². The second kappa shape index (κ2) is 7.47. The Bertz CT molecular complexity index is 756. The van der Waals surface area contributed by atoms with Gasteiger partial charge in [0.05, 0.1) is 6.61 Å². The summed E-state index contributed by atoms with van der Waals surface area (Å²) in [5, 5.41) is 0. The lowest BCUT2D eigenvalue weighted by atomic mass is 9.83. The zero-order chi connectivity index (χ0) is 18.9. The van der Waals surface area contributed by atoms with Gasteiger partial charge in [0.25, 0.3) is 0 Å². The van der Waals surface area contributed by atoms with Crippen molar-refractivity contribution in [1.29, 1.82) is 0 Å². The van der Waals surface area contributed by atoms with Crippen LogP contribution >= 0.6 is 0 Å². The summed E-state index contributed by atoms with van der Waals surface area (Å²) in [5.74, 6) is 2.85. The minimum Gasteiger partial charge on any atom is -0.492 e. The van der Waals surface area contributed by atoms with Gasteiger partial charge in [-0.25, -0.2) is 0 Å². The number of ether oxygens (including phenoxy) is 1. The van der Waals surface area contributed by atoms with Crippen LogP contribution in [0.2, 0.25) is 0 Å². The van der Waals surface area contributed by atoms with Crippen LogP contribution in [-0.2, 0) is 5.41 Å². The Balaban J connectivity index is 1.66. The van der Waals surface area contributed by atoms with Crippen molar-refractivity contribution in [3.8, 4) is 5.75 Å². The molecule has 1 nitrogen and oxygen atoms in total. The Labute approximate surface area is 159 Å². The van der Waals surface area contributed by atoms with Crippen LogP contribution in [0.3, 0.4) is 0 Å². The van der Waals surface area contributed by atoms with Crippen LogP contribution in [0.1, 0.15) is 94.4 Å². The molecular formula is C25H34O. The molecule has 1 aliphatic rings. The van der Waals surface area contributed by atoms with Crippen LogP contribution in [0.5, 0.6) is 5.75 Å². The van der Waals surface area contributed by atoms with E-state index in [-0.39, 0.29) is 5.41 Å². The van der Waals surface area contributed by atoms with Gasteiger partial charge in [0.2, 0.25) is 0 Å². The summed E-state index contributed by atoms with van der Waals surface area (Å²) < 4.78 is 5.83. The normalized spacial score (nSPS) is 17.7. The molecule has 0 aliphatic carbocycles. The quantitative estimate of drug-likeness (QED) is 0.536. The van der Waals surface area contributed by atoms with Crippen molar-refractivity contribution >= 4 is 0 Å². The average molecular weight is 351 g/mol. The molecule has 3 rings (SSSR count). The molecule has 1 heterocycles. The number of fused-ring (bicyclic) bond motifs is 1. The largest absolute Gasteiger partial charge is 0.492 e. The lowest BCUT2D eigenvalue weighted by Gasteiger charge is -2.20. The van der Waals surface area contributed by atoms with Gasteiger partial charge in [-0.2, -0.15) is 0 Å². The van der Waals surface area contributed by atoms with Crippen LogP contribution in [0.15, 0.2) is 42.5 Å². The van der Waals surface area contributed by atoms with E-state index in [9.17, 15) is 0 Å². The van der Waals surface area contributed by atoms with Gasteiger partial charge in [-0.05, 0) is 53.4 Å². The van der Waals surface area contributed by atoms with E-state index in [1.54, 1.807) is 0 Å². The van der Waals surface area contributed by atoms with Gasteiger partial charge in [0.1, 0.15) is 5.75 Å². The van der Waals surface area contributed by atoms with Crippen molar-refractivity contribution in [3.63, 3.8) is 0 Å². The third-order valence-electron chi connectivity index (χ3n) is 6.07. The second-order valence-corrected chi connectivity index (χ2v) is 9.13. The van der Waals surface area contributed by atoms with Crippen LogP contribution in [0.4, 0.5) is 0 Å². The summed E-state index contributed by atoms with van der Waals surface area (Å²) in [6, 6.07) is 16.0. The molecule has 0 radical (unpaired) electrons. The van der Waals surface area contributed by atoms with Gasteiger partial charge >= 0.3 is 0 Å². The van der Waals surface area contributed by atoms with Crippen LogP contribution in [-0.4, -0.2) is 6.61 Å². The lowest BCUT2D eigenvalue weighted by Crippen LogP contribution is -2.18. The molecule has 2 unspecified atom stereocenters. The van der Waals surface area contributed by atoms with Crippen LogP contribution in [0, 0.1) is 0 Å². The predicted molar refractivity (Wildman–Crippen MR) is 112 cm³/mol. The first kappa shape index (κ1) is 19.0. The molecule has 0 saturated heterocycles. The molecule has 0 fully saturated rings. The molecule has 0 N–H and O–H groups in total. The van der Waals surface area contributed by atoms with Gasteiger partial charge < -0.3 is 4.74 Å². The smallest absolute Gasteiger partial charge is 0.123 e. The fraction of sp³-hybridized carbons (Fsp3) is 0.520. The molecule has 0 aromatic heterocycles. The minimum absolute atomic E-state index is 0.135. The molecule has 2 aromatic rings. The Hall–Kier alpha value is -1.76. The standard InChI is InChI=1S/C25H34O/c1-17(2)20-8-7-9-21(14-20)18(3)10-11-19(4)22-12-13-24-23(15-22)25(5,6)16-26-24/h7-9,12-15,17-19H,10-11,16H2,1-6H3. The number of benzene rings is 2. The Morgan fingerprint density at radius 1 is 0.846 bits per heavy atom. The summed E-state index contributed by atoms with van der Waals surface area (Å²) in [6.45, 7) is 14.6. The van der Waals surface area contributed by atoms with Crippen LogP contribution < -0.4 is 4.74 Å². The fourth-order valence-electron chi connectivity index (χ4n) is 3.90. The maximum atomic E-state index is 5.83. The highest BCUT2D eigenvalue weighted by atomic mass is 16.5. The van der Waals surface area contributed by atoms with Crippen molar-refractivity contribution in [1.82, 2.24) is 0 Å². The summed E-state index contributed by atoms with van der Waals surface area (Å²) in [6.07, 6.45) is 2.44. The Morgan fingerprint density at radius 3 is 2.12 bits per heavy atom. The SMILES string of the molecule is CC(C)c1cccc(C(C)CCC(C)c2ccc3c(c2)C(C)(C)CO3)c1. The topological polar surface area (TPSA) is 9.23 Å². The molecule has 2 atom stereocenters. The summed E-state index contributed by atoms with van der Waals surface area (Å²) in [7, 11) is 0. The van der Waals surface area contributed by atoms with E-state index in [0.717, 1.165) is 12.4 Å². The zero-order valence-electron chi connectivity index (χ0n) is 17.3. The van der Waals surface area contributed by atoms with E-state index in [4.69, 9.17) is 4.74 Å². The first-order chi connectivity index (χ1) is 12.3. The van der Waals surface area contributed by atoms with E-state index in [1.165, 1.54) is 35.1 Å². The fourth-order valence-corrected chi connectivity index (χ4v) is 3.90. The van der Waals surface area contributed by atoms with Crippen molar-refractivity contribution in [2.45, 2.75) is 77.6 Å². The minimum atomic E-state index is 0.135. The van der Waals surface area contributed by atoms with Crippen molar-refractivity contribution < 1.29 is 4.74 Å². The molecule has 0 bridgehead atoms. The maximum Gasteiger partial charge on any atom is 0.123 e. The predicted octanol–water partition coefficient (Wildman–Crippen LogP) is 7.17. The molecule has 0 amide bonds. The van der Waals surface area contributed by atoms with E-state index >= 15 is 0 Å². The van der Waals surface area contributed by atoms with E-state index in [1.807, 2.05) is 0 Å². The van der Waals surface area contributed by atoms with Crippen molar-refractivity contribution in [2.75, 3.05) is 6.61 Å². The molecule has 26 heavy (non-hydrogen) atoms. The van der Waals surface area contributed by atoms with Gasteiger partial charge in [0.15, 0.2) is 0 Å². The highest BCUT2D eigenvalue weighted by molar-refractivity contribution is 5.46. The molecule has 0 saturated carbocycles. The Morgan fingerprint density at radius 2 is 1.46 bits per heavy atom.